The first kappa shape index (κ1) is 13.5. The molecule has 1 atom stereocenters. The Morgan fingerprint density at radius 2 is 2.05 bits per heavy atom. The van der Waals surface area contributed by atoms with E-state index in [1.807, 2.05) is 6.07 Å². The maximum absolute atomic E-state index is 6.15. The Kier molecular flexibility index (Phi) is 3.70. The number of fused-ring (bicyclic) bond motifs is 1. The predicted molar refractivity (Wildman–Crippen MR) is 89.0 cm³/mol. The molecule has 2 aromatic rings. The van der Waals surface area contributed by atoms with Gasteiger partial charge in [-0.1, -0.05) is 40.2 Å². The van der Waals surface area contributed by atoms with Gasteiger partial charge in [0.15, 0.2) is 0 Å². The Bertz CT molecular complexity index is 624. The van der Waals surface area contributed by atoms with E-state index >= 15 is 0 Å². The van der Waals surface area contributed by atoms with Gasteiger partial charge in [-0.05, 0) is 49.1 Å². The summed E-state index contributed by atoms with van der Waals surface area (Å²) in [7, 11) is 0. The summed E-state index contributed by atoms with van der Waals surface area (Å²) < 4.78 is 1.03. The number of nitrogen functional groups attached to an aromatic ring is 1. The second-order valence-electron chi connectivity index (χ2n) is 5.49. The van der Waals surface area contributed by atoms with Crippen LogP contribution in [0.3, 0.4) is 0 Å². The number of benzene rings is 2. The molecule has 1 aliphatic heterocycles. The summed E-state index contributed by atoms with van der Waals surface area (Å²) in [6.07, 6.45) is 2.37. The molecule has 0 spiro atoms. The summed E-state index contributed by atoms with van der Waals surface area (Å²) in [4.78, 5) is 2.47. The van der Waals surface area contributed by atoms with Gasteiger partial charge >= 0.3 is 0 Å². The Morgan fingerprint density at radius 3 is 2.85 bits per heavy atom. The molecule has 0 saturated heterocycles. The van der Waals surface area contributed by atoms with Gasteiger partial charge in [0.05, 0.1) is 0 Å². The Balaban J connectivity index is 1.93. The molecule has 0 amide bonds. The van der Waals surface area contributed by atoms with Crippen LogP contribution in [0.1, 0.15) is 24.5 Å². The topological polar surface area (TPSA) is 29.3 Å². The van der Waals surface area contributed by atoms with Crippen LogP contribution in [0.2, 0.25) is 0 Å². The van der Waals surface area contributed by atoms with Crippen molar-refractivity contribution in [2.45, 2.75) is 32.4 Å². The maximum Gasteiger partial charge on any atom is 0.0452 e. The largest absolute Gasteiger partial charge is 0.398 e. The molecule has 20 heavy (non-hydrogen) atoms. The predicted octanol–water partition coefficient (Wildman–Crippen LogP) is 4.37. The first-order valence-electron chi connectivity index (χ1n) is 7.03. The highest BCUT2D eigenvalue weighted by Crippen LogP contribution is 2.32. The minimum atomic E-state index is 0.549. The van der Waals surface area contributed by atoms with Crippen LogP contribution in [0.25, 0.3) is 0 Å². The van der Waals surface area contributed by atoms with Crippen LogP contribution < -0.4 is 10.6 Å². The fourth-order valence-electron chi connectivity index (χ4n) is 2.89. The number of nitrogens with zero attached hydrogens (tertiary/aromatic N) is 1. The van der Waals surface area contributed by atoms with Gasteiger partial charge in [-0.2, -0.15) is 0 Å². The first-order valence-corrected chi connectivity index (χ1v) is 7.83. The molecule has 0 fully saturated rings. The lowest BCUT2D eigenvalue weighted by molar-refractivity contribution is 0.560. The lowest BCUT2D eigenvalue weighted by atomic mass is 9.96. The van der Waals surface area contributed by atoms with Gasteiger partial charge < -0.3 is 10.6 Å². The third-order valence-corrected chi connectivity index (χ3v) is 4.61. The van der Waals surface area contributed by atoms with Crippen molar-refractivity contribution in [3.8, 4) is 0 Å². The minimum absolute atomic E-state index is 0.549. The molecule has 1 aliphatic rings. The van der Waals surface area contributed by atoms with Crippen molar-refractivity contribution >= 4 is 27.3 Å². The van der Waals surface area contributed by atoms with E-state index in [9.17, 15) is 0 Å². The van der Waals surface area contributed by atoms with Crippen LogP contribution >= 0.6 is 15.9 Å². The standard InChI is InChI=1S/C17H19BrN2/c1-12-6-7-13-4-2-3-5-17(13)20(12)11-14-8-9-15(18)10-16(14)19/h2-5,8-10,12H,6-7,11,19H2,1H3. The molecule has 0 bridgehead atoms. The van der Waals surface area contributed by atoms with Crippen molar-refractivity contribution < 1.29 is 0 Å². The van der Waals surface area contributed by atoms with E-state index in [1.54, 1.807) is 0 Å². The number of para-hydroxylation sites is 1. The van der Waals surface area contributed by atoms with Crippen molar-refractivity contribution in [2.24, 2.45) is 0 Å². The van der Waals surface area contributed by atoms with Crippen LogP contribution in [-0.4, -0.2) is 6.04 Å². The van der Waals surface area contributed by atoms with E-state index in [1.165, 1.54) is 29.7 Å². The zero-order valence-corrected chi connectivity index (χ0v) is 13.2. The molecule has 3 rings (SSSR count). The third-order valence-electron chi connectivity index (χ3n) is 4.11. The summed E-state index contributed by atoms with van der Waals surface area (Å²) in [6, 6.07) is 15.4. The average molecular weight is 331 g/mol. The van der Waals surface area contributed by atoms with Crippen LogP contribution in [0.5, 0.6) is 0 Å². The minimum Gasteiger partial charge on any atom is -0.398 e. The van der Waals surface area contributed by atoms with E-state index in [0.717, 1.165) is 16.7 Å². The molecule has 0 aromatic heterocycles. The summed E-state index contributed by atoms with van der Waals surface area (Å²) in [5, 5.41) is 0. The summed E-state index contributed by atoms with van der Waals surface area (Å²) in [5.41, 5.74) is 11.0. The van der Waals surface area contributed by atoms with E-state index in [4.69, 9.17) is 5.73 Å². The Morgan fingerprint density at radius 1 is 1.25 bits per heavy atom. The average Bonchev–Trinajstić information content (AvgIpc) is 2.44. The molecule has 2 aromatic carbocycles. The normalized spacial score (nSPS) is 17.9. The number of halogens is 1. The number of rotatable bonds is 2. The number of nitrogens with two attached hydrogens (primary N) is 1. The number of aryl methyl sites for hydroxylation is 1. The van der Waals surface area contributed by atoms with Gasteiger partial charge in [0.2, 0.25) is 0 Å². The molecular formula is C17H19BrN2. The Hall–Kier alpha value is -1.48. The van der Waals surface area contributed by atoms with Gasteiger partial charge in [0.25, 0.3) is 0 Å². The number of hydrogen-bond acceptors (Lipinski definition) is 2. The van der Waals surface area contributed by atoms with Crippen LogP contribution in [0.15, 0.2) is 46.9 Å². The molecule has 104 valence electrons. The van der Waals surface area contributed by atoms with Crippen molar-refractivity contribution in [2.75, 3.05) is 10.6 Å². The highest BCUT2D eigenvalue weighted by atomic mass is 79.9. The second-order valence-corrected chi connectivity index (χ2v) is 6.40. The fourth-order valence-corrected chi connectivity index (χ4v) is 3.27. The number of hydrogen-bond donors (Lipinski definition) is 1. The van der Waals surface area contributed by atoms with Crippen molar-refractivity contribution in [1.82, 2.24) is 0 Å². The van der Waals surface area contributed by atoms with Gasteiger partial charge in [0.1, 0.15) is 0 Å². The highest BCUT2D eigenvalue weighted by molar-refractivity contribution is 9.10. The monoisotopic (exact) mass is 330 g/mol. The summed E-state index contributed by atoms with van der Waals surface area (Å²) >= 11 is 3.47. The molecule has 0 radical (unpaired) electrons. The smallest absolute Gasteiger partial charge is 0.0452 e. The number of anilines is 2. The fraction of sp³-hybridized carbons (Fsp3) is 0.294. The molecular weight excluding hydrogens is 312 g/mol. The van der Waals surface area contributed by atoms with Gasteiger partial charge in [0, 0.05) is 28.4 Å². The SMILES string of the molecule is CC1CCc2ccccc2N1Cc1ccc(Br)cc1N. The van der Waals surface area contributed by atoms with Gasteiger partial charge in [-0.15, -0.1) is 0 Å². The molecule has 1 unspecified atom stereocenters. The quantitative estimate of drug-likeness (QED) is 0.828. The summed E-state index contributed by atoms with van der Waals surface area (Å²) in [6.45, 7) is 3.17. The van der Waals surface area contributed by atoms with Crippen LogP contribution in [0, 0.1) is 0 Å². The highest BCUT2D eigenvalue weighted by Gasteiger charge is 2.23. The molecule has 1 heterocycles. The molecule has 2 N–H and O–H groups in total. The van der Waals surface area contributed by atoms with Crippen molar-refractivity contribution in [3.63, 3.8) is 0 Å². The lowest BCUT2D eigenvalue weighted by Gasteiger charge is -2.37. The zero-order valence-electron chi connectivity index (χ0n) is 11.6. The van der Waals surface area contributed by atoms with Gasteiger partial charge in [-0.3, -0.25) is 0 Å². The van der Waals surface area contributed by atoms with E-state index in [0.29, 0.717) is 6.04 Å². The maximum atomic E-state index is 6.15. The van der Waals surface area contributed by atoms with Gasteiger partial charge in [-0.25, -0.2) is 0 Å². The van der Waals surface area contributed by atoms with Crippen LogP contribution in [-0.2, 0) is 13.0 Å². The third kappa shape index (κ3) is 2.55. The molecule has 0 aliphatic carbocycles. The molecule has 2 nitrogen and oxygen atoms in total. The first-order chi connectivity index (χ1) is 9.65. The second kappa shape index (κ2) is 5.49. The molecule has 3 heteroatoms. The lowest BCUT2D eigenvalue weighted by Crippen LogP contribution is -2.36. The van der Waals surface area contributed by atoms with E-state index in [-0.39, 0.29) is 0 Å². The Labute approximate surface area is 128 Å². The summed E-state index contributed by atoms with van der Waals surface area (Å²) in [5.74, 6) is 0. The zero-order chi connectivity index (χ0) is 14.1. The van der Waals surface area contributed by atoms with Crippen molar-refractivity contribution in [1.29, 1.82) is 0 Å². The van der Waals surface area contributed by atoms with E-state index < -0.39 is 0 Å². The van der Waals surface area contributed by atoms with Crippen molar-refractivity contribution in [3.05, 3.63) is 58.1 Å². The molecule has 0 saturated carbocycles. The van der Waals surface area contributed by atoms with E-state index in [2.05, 4.69) is 64.2 Å². The van der Waals surface area contributed by atoms with Crippen LogP contribution in [0.4, 0.5) is 11.4 Å².